The summed E-state index contributed by atoms with van der Waals surface area (Å²) in [5.74, 6) is -0.0203. The van der Waals surface area contributed by atoms with E-state index in [1.165, 1.54) is 64.2 Å². The van der Waals surface area contributed by atoms with Crippen LogP contribution in [0.4, 0.5) is 0 Å². The van der Waals surface area contributed by atoms with Gasteiger partial charge in [0, 0.05) is 13.0 Å². The summed E-state index contributed by atoms with van der Waals surface area (Å²) in [5.41, 5.74) is 0. The molecule has 0 heterocycles. The molecule has 0 radical (unpaired) electrons. The van der Waals surface area contributed by atoms with Crippen LogP contribution in [0.15, 0.2) is 0 Å². The van der Waals surface area contributed by atoms with Gasteiger partial charge in [-0.3, -0.25) is 4.79 Å². The van der Waals surface area contributed by atoms with Gasteiger partial charge in [-0.1, -0.05) is 85.0 Å². The summed E-state index contributed by atoms with van der Waals surface area (Å²) in [6.45, 7) is 9.97. The van der Waals surface area contributed by atoms with Crippen LogP contribution >= 0.6 is 0 Å². The number of ether oxygens (including phenoxy) is 1. The van der Waals surface area contributed by atoms with Gasteiger partial charge in [0.25, 0.3) is 0 Å². The second kappa shape index (κ2) is 17.8. The summed E-state index contributed by atoms with van der Waals surface area (Å²) in [6.07, 6.45) is 15.0. The summed E-state index contributed by atoms with van der Waals surface area (Å²) in [5, 5.41) is 0. The Morgan fingerprint density at radius 1 is 0.739 bits per heavy atom. The van der Waals surface area contributed by atoms with Crippen molar-refractivity contribution in [2.75, 3.05) is 26.2 Å². The molecular formula is C20H41NO2. The molecule has 0 saturated carbocycles. The highest BCUT2D eigenvalue weighted by Crippen LogP contribution is 2.12. The lowest BCUT2D eigenvalue weighted by atomic mass is 10.1. The number of unbranched alkanes of at least 4 members (excludes halogenated alkanes) is 10. The monoisotopic (exact) mass is 327 g/mol. The third-order valence-corrected chi connectivity index (χ3v) is 4.55. The van der Waals surface area contributed by atoms with Gasteiger partial charge in [-0.15, -0.1) is 0 Å². The lowest BCUT2D eigenvalue weighted by Crippen LogP contribution is -2.27. The SMILES string of the molecule is CCCCCCCCCCCCCC(=O)OCCN(CC)CC. The number of likely N-dealkylation sites (N-methyl/N-ethyl adjacent to an activating group) is 1. The highest BCUT2D eigenvalue weighted by molar-refractivity contribution is 5.69. The van der Waals surface area contributed by atoms with Crippen molar-refractivity contribution in [1.29, 1.82) is 0 Å². The first-order valence-corrected chi connectivity index (χ1v) is 10.1. The quantitative estimate of drug-likeness (QED) is 0.258. The maximum absolute atomic E-state index is 11.6. The molecule has 0 aromatic carbocycles. The lowest BCUT2D eigenvalue weighted by Gasteiger charge is -2.17. The Hall–Kier alpha value is -0.570. The molecule has 0 aromatic heterocycles. The van der Waals surface area contributed by atoms with Gasteiger partial charge in [-0.2, -0.15) is 0 Å². The molecule has 0 aliphatic heterocycles. The number of carbonyl (C=O) groups is 1. The molecule has 0 atom stereocenters. The van der Waals surface area contributed by atoms with Crippen LogP contribution in [0, 0.1) is 0 Å². The van der Waals surface area contributed by atoms with Gasteiger partial charge in [0.1, 0.15) is 6.61 Å². The summed E-state index contributed by atoms with van der Waals surface area (Å²) in [4.78, 5) is 13.9. The minimum Gasteiger partial charge on any atom is -0.464 e. The number of hydrogen-bond donors (Lipinski definition) is 0. The second-order valence-electron chi connectivity index (χ2n) is 6.53. The van der Waals surface area contributed by atoms with Crippen molar-refractivity contribution < 1.29 is 9.53 Å². The molecule has 0 rings (SSSR count). The maximum Gasteiger partial charge on any atom is 0.305 e. The van der Waals surface area contributed by atoms with E-state index in [1.54, 1.807) is 0 Å². The molecule has 0 aromatic rings. The third kappa shape index (κ3) is 16.1. The van der Waals surface area contributed by atoms with Crippen LogP contribution in [0.25, 0.3) is 0 Å². The molecule has 0 amide bonds. The van der Waals surface area contributed by atoms with Gasteiger partial charge < -0.3 is 9.64 Å². The van der Waals surface area contributed by atoms with Crippen LogP contribution in [0.3, 0.4) is 0 Å². The van der Waals surface area contributed by atoms with Crippen LogP contribution in [-0.4, -0.2) is 37.1 Å². The van der Waals surface area contributed by atoms with E-state index in [-0.39, 0.29) is 5.97 Å². The van der Waals surface area contributed by atoms with Gasteiger partial charge in [0.05, 0.1) is 0 Å². The minimum atomic E-state index is -0.0203. The molecule has 0 fully saturated rings. The van der Waals surface area contributed by atoms with Crippen molar-refractivity contribution in [2.24, 2.45) is 0 Å². The fraction of sp³-hybridized carbons (Fsp3) is 0.950. The molecule has 0 spiro atoms. The zero-order valence-corrected chi connectivity index (χ0v) is 16.1. The van der Waals surface area contributed by atoms with E-state index in [0.717, 1.165) is 26.1 Å². The average molecular weight is 328 g/mol. The largest absolute Gasteiger partial charge is 0.464 e. The number of hydrogen-bond acceptors (Lipinski definition) is 3. The summed E-state index contributed by atoms with van der Waals surface area (Å²) in [7, 11) is 0. The van der Waals surface area contributed by atoms with E-state index >= 15 is 0 Å². The minimum absolute atomic E-state index is 0.0203. The summed E-state index contributed by atoms with van der Waals surface area (Å²) < 4.78 is 5.29. The molecule has 138 valence electrons. The first-order chi connectivity index (χ1) is 11.2. The highest BCUT2D eigenvalue weighted by atomic mass is 16.5. The van der Waals surface area contributed by atoms with Crippen molar-refractivity contribution in [1.82, 2.24) is 4.90 Å². The van der Waals surface area contributed by atoms with Crippen LogP contribution in [-0.2, 0) is 9.53 Å². The highest BCUT2D eigenvalue weighted by Gasteiger charge is 2.04. The Kier molecular flexibility index (Phi) is 17.3. The van der Waals surface area contributed by atoms with Gasteiger partial charge in [0.15, 0.2) is 0 Å². The average Bonchev–Trinajstić information content (AvgIpc) is 2.56. The van der Waals surface area contributed by atoms with Crippen molar-refractivity contribution in [2.45, 2.75) is 97.8 Å². The molecule has 0 bridgehead atoms. The predicted octanol–water partition coefficient (Wildman–Crippen LogP) is 5.57. The Morgan fingerprint density at radius 3 is 1.70 bits per heavy atom. The molecule has 23 heavy (non-hydrogen) atoms. The smallest absolute Gasteiger partial charge is 0.305 e. The van der Waals surface area contributed by atoms with Crippen molar-refractivity contribution >= 4 is 5.97 Å². The van der Waals surface area contributed by atoms with Crippen molar-refractivity contribution in [3.8, 4) is 0 Å². The van der Waals surface area contributed by atoms with E-state index in [9.17, 15) is 4.79 Å². The molecule has 0 N–H and O–H groups in total. The molecule has 0 aliphatic carbocycles. The van der Waals surface area contributed by atoms with Crippen LogP contribution in [0.1, 0.15) is 97.8 Å². The van der Waals surface area contributed by atoms with E-state index in [2.05, 4.69) is 25.7 Å². The fourth-order valence-corrected chi connectivity index (χ4v) is 2.83. The Balaban J connectivity index is 3.23. The molecule has 3 nitrogen and oxygen atoms in total. The van der Waals surface area contributed by atoms with Crippen LogP contribution in [0.2, 0.25) is 0 Å². The summed E-state index contributed by atoms with van der Waals surface area (Å²) >= 11 is 0. The molecular weight excluding hydrogens is 286 g/mol. The van der Waals surface area contributed by atoms with Crippen LogP contribution in [0.5, 0.6) is 0 Å². The van der Waals surface area contributed by atoms with Gasteiger partial charge in [-0.05, 0) is 19.5 Å². The zero-order chi connectivity index (χ0) is 17.2. The van der Waals surface area contributed by atoms with Gasteiger partial charge >= 0.3 is 5.97 Å². The number of rotatable bonds is 17. The molecule has 3 heteroatoms. The normalized spacial score (nSPS) is 11.1. The van der Waals surface area contributed by atoms with Crippen molar-refractivity contribution in [3.63, 3.8) is 0 Å². The van der Waals surface area contributed by atoms with E-state index in [1.807, 2.05) is 0 Å². The molecule has 0 saturated heterocycles. The Bertz CT molecular complexity index is 252. The predicted molar refractivity (Wildman–Crippen MR) is 99.8 cm³/mol. The Labute approximate surface area is 145 Å². The standard InChI is InChI=1S/C20H41NO2/c1-4-7-8-9-10-11-12-13-14-15-16-17-20(22)23-19-18-21(5-2)6-3/h4-19H2,1-3H3. The molecule has 0 unspecified atom stereocenters. The van der Waals surface area contributed by atoms with E-state index in [4.69, 9.17) is 4.74 Å². The van der Waals surface area contributed by atoms with Crippen LogP contribution < -0.4 is 0 Å². The van der Waals surface area contributed by atoms with E-state index < -0.39 is 0 Å². The fourth-order valence-electron chi connectivity index (χ4n) is 2.83. The van der Waals surface area contributed by atoms with E-state index in [0.29, 0.717) is 13.0 Å². The van der Waals surface area contributed by atoms with Gasteiger partial charge in [-0.25, -0.2) is 0 Å². The second-order valence-corrected chi connectivity index (χ2v) is 6.53. The first-order valence-electron chi connectivity index (χ1n) is 10.1. The molecule has 0 aliphatic rings. The first kappa shape index (κ1) is 22.4. The van der Waals surface area contributed by atoms with Crippen molar-refractivity contribution in [3.05, 3.63) is 0 Å². The number of esters is 1. The summed E-state index contributed by atoms with van der Waals surface area (Å²) in [6, 6.07) is 0. The lowest BCUT2D eigenvalue weighted by molar-refractivity contribution is -0.144. The zero-order valence-electron chi connectivity index (χ0n) is 16.1. The topological polar surface area (TPSA) is 29.5 Å². The maximum atomic E-state index is 11.6. The Morgan fingerprint density at radius 2 is 1.22 bits per heavy atom. The third-order valence-electron chi connectivity index (χ3n) is 4.55. The van der Waals surface area contributed by atoms with Gasteiger partial charge in [0.2, 0.25) is 0 Å². The number of carbonyl (C=O) groups excluding carboxylic acids is 1. The number of nitrogens with zero attached hydrogens (tertiary/aromatic N) is 1.